The Bertz CT molecular complexity index is 649. The molecule has 164 valence electrons. The Labute approximate surface area is 164 Å². The van der Waals surface area contributed by atoms with E-state index in [1.165, 1.54) is 0 Å². The molecule has 29 heavy (non-hydrogen) atoms. The van der Waals surface area contributed by atoms with E-state index in [9.17, 15) is 39.0 Å². The molecule has 6 N–H and O–H groups in total. The molecule has 0 radical (unpaired) electrons. The van der Waals surface area contributed by atoms with Crippen molar-refractivity contribution in [3.63, 3.8) is 0 Å². The van der Waals surface area contributed by atoms with Crippen molar-refractivity contribution in [1.29, 1.82) is 0 Å². The normalized spacial score (nSPS) is 14.0. The fraction of sp³-hybridized carbons (Fsp3) is 0.625. The number of carboxylic acid groups (broad SMARTS) is 5. The SMILES string of the molecule is CC(=O)CC(CN(CCNC(CC(=O)O)C(=O)O)C(CC(=O)O)C(=O)O)C(=O)O. The van der Waals surface area contributed by atoms with E-state index in [0.29, 0.717) is 0 Å². The van der Waals surface area contributed by atoms with Crippen LogP contribution in [0.15, 0.2) is 0 Å². The Kier molecular flexibility index (Phi) is 11.1. The summed E-state index contributed by atoms with van der Waals surface area (Å²) in [5, 5.41) is 47.6. The summed E-state index contributed by atoms with van der Waals surface area (Å²) in [6.45, 7) is 0.115. The Morgan fingerprint density at radius 1 is 0.793 bits per heavy atom. The van der Waals surface area contributed by atoms with Crippen LogP contribution in [0.2, 0.25) is 0 Å². The average Bonchev–Trinajstić information content (AvgIpc) is 2.55. The third kappa shape index (κ3) is 10.8. The van der Waals surface area contributed by atoms with Crippen molar-refractivity contribution in [1.82, 2.24) is 10.2 Å². The maximum absolute atomic E-state index is 11.5. The first-order valence-electron chi connectivity index (χ1n) is 8.44. The van der Waals surface area contributed by atoms with Gasteiger partial charge in [-0.2, -0.15) is 0 Å². The Hall–Kier alpha value is -3.06. The second kappa shape index (κ2) is 12.4. The number of hydrogen-bond donors (Lipinski definition) is 6. The number of Topliss-reactive ketones (excluding diaryl/α,β-unsaturated/α-hetero) is 1. The molecule has 0 fully saturated rings. The van der Waals surface area contributed by atoms with Crippen LogP contribution in [0.4, 0.5) is 0 Å². The van der Waals surface area contributed by atoms with Gasteiger partial charge in [-0.05, 0) is 6.92 Å². The summed E-state index contributed by atoms with van der Waals surface area (Å²) in [6, 6.07) is -3.12. The number of aliphatic carboxylic acids is 5. The summed E-state index contributed by atoms with van der Waals surface area (Å²) in [6.07, 6.45) is -2.02. The fourth-order valence-corrected chi connectivity index (χ4v) is 2.58. The van der Waals surface area contributed by atoms with Gasteiger partial charge in [0.1, 0.15) is 17.9 Å². The van der Waals surface area contributed by atoms with Crippen LogP contribution in [0, 0.1) is 5.92 Å². The minimum absolute atomic E-state index is 0.264. The molecule has 0 heterocycles. The number of carbonyl (C=O) groups is 6. The lowest BCUT2D eigenvalue weighted by molar-refractivity contribution is -0.152. The fourth-order valence-electron chi connectivity index (χ4n) is 2.58. The first kappa shape index (κ1) is 25.9. The molecule has 0 saturated heterocycles. The molecule has 0 aliphatic carbocycles. The molecule has 0 aromatic rings. The highest BCUT2D eigenvalue weighted by Gasteiger charge is 2.32. The summed E-state index contributed by atoms with van der Waals surface area (Å²) in [5.41, 5.74) is 0. The van der Waals surface area contributed by atoms with Crippen LogP contribution in [0.3, 0.4) is 0 Å². The smallest absolute Gasteiger partial charge is 0.321 e. The molecule has 3 unspecified atom stereocenters. The summed E-state index contributed by atoms with van der Waals surface area (Å²) in [4.78, 5) is 67.9. The van der Waals surface area contributed by atoms with E-state index in [2.05, 4.69) is 5.32 Å². The molecule has 0 saturated carbocycles. The van der Waals surface area contributed by atoms with Crippen molar-refractivity contribution >= 4 is 35.6 Å². The van der Waals surface area contributed by atoms with Gasteiger partial charge in [-0.15, -0.1) is 0 Å². The molecular formula is C16H24N2O11. The number of carboxylic acids is 5. The Morgan fingerprint density at radius 2 is 1.34 bits per heavy atom. The molecule has 0 rings (SSSR count). The van der Waals surface area contributed by atoms with Gasteiger partial charge < -0.3 is 35.6 Å². The van der Waals surface area contributed by atoms with Crippen molar-refractivity contribution in [2.24, 2.45) is 5.92 Å². The molecule has 13 nitrogen and oxygen atoms in total. The van der Waals surface area contributed by atoms with Gasteiger partial charge in [0.2, 0.25) is 0 Å². The zero-order valence-electron chi connectivity index (χ0n) is 15.6. The topological polar surface area (TPSA) is 219 Å². The molecule has 0 aliphatic rings. The Balaban J connectivity index is 5.43. The molecule has 13 heteroatoms. The van der Waals surface area contributed by atoms with Crippen LogP contribution >= 0.6 is 0 Å². The highest BCUT2D eigenvalue weighted by Crippen LogP contribution is 2.13. The van der Waals surface area contributed by atoms with Gasteiger partial charge in [0.05, 0.1) is 18.8 Å². The predicted molar refractivity (Wildman–Crippen MR) is 93.4 cm³/mol. The van der Waals surface area contributed by atoms with Crippen molar-refractivity contribution in [2.45, 2.75) is 38.3 Å². The summed E-state index contributed by atoms with van der Waals surface area (Å²) >= 11 is 0. The lowest BCUT2D eigenvalue weighted by Crippen LogP contribution is -2.50. The number of nitrogens with one attached hydrogen (secondary N) is 1. The quantitative estimate of drug-likeness (QED) is 0.166. The number of hydrogen-bond acceptors (Lipinski definition) is 8. The van der Waals surface area contributed by atoms with Crippen LogP contribution < -0.4 is 5.32 Å². The van der Waals surface area contributed by atoms with Crippen LogP contribution in [0.1, 0.15) is 26.2 Å². The van der Waals surface area contributed by atoms with Crippen molar-refractivity contribution in [2.75, 3.05) is 19.6 Å². The first-order chi connectivity index (χ1) is 13.3. The summed E-state index contributed by atoms with van der Waals surface area (Å²) in [7, 11) is 0. The number of ketones is 1. The van der Waals surface area contributed by atoms with Gasteiger partial charge in [-0.1, -0.05) is 0 Å². The minimum atomic E-state index is -1.63. The standard InChI is InChI=1S/C16H24N2O11/c1-8(19)4-9(14(24)25)7-18(11(16(28)29)6-13(22)23)3-2-17-10(15(26)27)5-12(20)21/h9-11,17H,2-7H2,1H3,(H,20,21)(H,22,23)(H,24,25)(H,26,27)(H,28,29). The van der Waals surface area contributed by atoms with Gasteiger partial charge in [-0.3, -0.25) is 28.9 Å². The van der Waals surface area contributed by atoms with Gasteiger partial charge in [0.25, 0.3) is 0 Å². The maximum Gasteiger partial charge on any atom is 0.321 e. The number of nitrogens with zero attached hydrogens (tertiary/aromatic N) is 1. The van der Waals surface area contributed by atoms with E-state index in [1.54, 1.807) is 0 Å². The van der Waals surface area contributed by atoms with Gasteiger partial charge in [-0.25, -0.2) is 0 Å². The minimum Gasteiger partial charge on any atom is -0.481 e. The van der Waals surface area contributed by atoms with Crippen molar-refractivity contribution in [3.05, 3.63) is 0 Å². The number of carbonyl (C=O) groups excluding carboxylic acids is 1. The number of rotatable bonds is 16. The molecule has 3 atom stereocenters. The van der Waals surface area contributed by atoms with Gasteiger partial charge >= 0.3 is 29.8 Å². The first-order valence-corrected chi connectivity index (χ1v) is 8.44. The maximum atomic E-state index is 11.5. The van der Waals surface area contributed by atoms with Crippen LogP contribution in [-0.2, 0) is 28.8 Å². The second-order valence-corrected chi connectivity index (χ2v) is 6.33. The van der Waals surface area contributed by atoms with E-state index in [4.69, 9.17) is 15.3 Å². The van der Waals surface area contributed by atoms with E-state index >= 15 is 0 Å². The van der Waals surface area contributed by atoms with Gasteiger partial charge in [0, 0.05) is 26.1 Å². The van der Waals surface area contributed by atoms with Crippen LogP contribution in [0.5, 0.6) is 0 Å². The van der Waals surface area contributed by atoms with Gasteiger partial charge in [0.15, 0.2) is 0 Å². The van der Waals surface area contributed by atoms with Crippen molar-refractivity contribution in [3.8, 4) is 0 Å². The molecule has 0 amide bonds. The average molecular weight is 420 g/mol. The second-order valence-electron chi connectivity index (χ2n) is 6.33. The molecule has 0 aromatic heterocycles. The summed E-state index contributed by atoms with van der Waals surface area (Å²) in [5.74, 6) is -9.00. The van der Waals surface area contributed by atoms with Crippen LogP contribution in [0.25, 0.3) is 0 Å². The third-order valence-corrected chi connectivity index (χ3v) is 3.90. The monoisotopic (exact) mass is 420 g/mol. The highest BCUT2D eigenvalue weighted by molar-refractivity contribution is 5.83. The van der Waals surface area contributed by atoms with Crippen molar-refractivity contribution < 1.29 is 54.3 Å². The zero-order chi connectivity index (χ0) is 22.7. The summed E-state index contributed by atoms with van der Waals surface area (Å²) < 4.78 is 0. The molecule has 0 bridgehead atoms. The van der Waals surface area contributed by atoms with E-state index in [-0.39, 0.29) is 13.1 Å². The van der Waals surface area contributed by atoms with E-state index in [1.807, 2.05) is 0 Å². The molecule has 0 aromatic carbocycles. The molecular weight excluding hydrogens is 396 g/mol. The molecule has 0 aliphatic heterocycles. The van der Waals surface area contributed by atoms with Crippen LogP contribution in [-0.4, -0.2) is 97.8 Å². The molecule has 0 spiro atoms. The van der Waals surface area contributed by atoms with E-state index < -0.39 is 79.4 Å². The lowest BCUT2D eigenvalue weighted by Gasteiger charge is -2.30. The largest absolute Gasteiger partial charge is 0.481 e. The lowest BCUT2D eigenvalue weighted by atomic mass is 10.0. The Morgan fingerprint density at radius 3 is 1.72 bits per heavy atom. The van der Waals surface area contributed by atoms with E-state index in [0.717, 1.165) is 11.8 Å². The predicted octanol–water partition coefficient (Wildman–Crippen LogP) is -1.59. The zero-order valence-corrected chi connectivity index (χ0v) is 15.6. The highest BCUT2D eigenvalue weighted by atomic mass is 16.4. The third-order valence-electron chi connectivity index (χ3n) is 3.90.